The average molecular weight is 457 g/mol. The van der Waals surface area contributed by atoms with E-state index in [9.17, 15) is 9.59 Å². The Bertz CT molecular complexity index is 1080. The van der Waals surface area contributed by atoms with Crippen molar-refractivity contribution in [2.45, 2.75) is 53.1 Å². The van der Waals surface area contributed by atoms with E-state index in [0.717, 1.165) is 27.8 Å². The summed E-state index contributed by atoms with van der Waals surface area (Å²) in [6.45, 7) is 9.17. The molecule has 0 bridgehead atoms. The Morgan fingerprint density at radius 3 is 2.09 bits per heavy atom. The summed E-state index contributed by atoms with van der Waals surface area (Å²) in [5.41, 5.74) is 5.25. The number of amides is 2. The first-order valence-corrected chi connectivity index (χ1v) is 12.0. The van der Waals surface area contributed by atoms with Crippen molar-refractivity contribution in [1.29, 1.82) is 0 Å². The monoisotopic (exact) mass is 456 g/mol. The van der Waals surface area contributed by atoms with E-state index in [0.29, 0.717) is 25.4 Å². The molecule has 3 rings (SSSR count). The van der Waals surface area contributed by atoms with Gasteiger partial charge >= 0.3 is 0 Å². The van der Waals surface area contributed by atoms with Gasteiger partial charge in [0, 0.05) is 19.5 Å². The molecule has 34 heavy (non-hydrogen) atoms. The van der Waals surface area contributed by atoms with Crippen molar-refractivity contribution in [2.75, 3.05) is 6.54 Å². The molecule has 4 heteroatoms. The standard InChI is InChI=1S/C30H36N2O2/c1-22(2)20-31-30(34)28(18-25-11-7-5-8-12-25)32(21-26-13-9-6-10-14-26)29(33)19-27-17-23(3)15-16-24(27)4/h5-17,22,28H,18-21H2,1-4H3,(H,31,34). The van der Waals surface area contributed by atoms with Gasteiger partial charge in [0.15, 0.2) is 0 Å². The SMILES string of the molecule is Cc1ccc(C)c(CC(=O)N(Cc2ccccc2)C(Cc2ccccc2)C(=O)NCC(C)C)c1. The molecule has 1 unspecified atom stereocenters. The number of nitrogens with one attached hydrogen (secondary N) is 1. The first kappa shape index (κ1) is 25.2. The summed E-state index contributed by atoms with van der Waals surface area (Å²) in [5.74, 6) is 0.176. The second-order valence-corrected chi connectivity index (χ2v) is 9.46. The fourth-order valence-corrected chi connectivity index (χ4v) is 4.01. The fourth-order valence-electron chi connectivity index (χ4n) is 4.01. The Balaban J connectivity index is 1.96. The number of carbonyl (C=O) groups excluding carboxylic acids is 2. The Morgan fingerprint density at radius 1 is 0.853 bits per heavy atom. The zero-order valence-electron chi connectivity index (χ0n) is 20.8. The van der Waals surface area contributed by atoms with Gasteiger partial charge in [-0.3, -0.25) is 9.59 Å². The van der Waals surface area contributed by atoms with E-state index in [2.05, 4.69) is 37.4 Å². The van der Waals surface area contributed by atoms with Crippen LogP contribution in [0.2, 0.25) is 0 Å². The number of hydrogen-bond donors (Lipinski definition) is 1. The van der Waals surface area contributed by atoms with Crippen molar-refractivity contribution in [2.24, 2.45) is 5.92 Å². The lowest BCUT2D eigenvalue weighted by molar-refractivity contribution is -0.140. The van der Waals surface area contributed by atoms with Gasteiger partial charge in [-0.1, -0.05) is 98.3 Å². The van der Waals surface area contributed by atoms with Crippen LogP contribution < -0.4 is 5.32 Å². The molecule has 2 amide bonds. The largest absolute Gasteiger partial charge is 0.354 e. The van der Waals surface area contributed by atoms with Gasteiger partial charge in [0.25, 0.3) is 0 Å². The number of rotatable bonds is 10. The molecule has 0 fully saturated rings. The second kappa shape index (κ2) is 12.2. The van der Waals surface area contributed by atoms with Crippen molar-refractivity contribution in [1.82, 2.24) is 10.2 Å². The van der Waals surface area contributed by atoms with Crippen molar-refractivity contribution in [3.8, 4) is 0 Å². The summed E-state index contributed by atoms with van der Waals surface area (Å²) < 4.78 is 0. The van der Waals surface area contributed by atoms with Crippen LogP contribution in [0.1, 0.15) is 41.7 Å². The number of hydrogen-bond acceptors (Lipinski definition) is 2. The maximum Gasteiger partial charge on any atom is 0.243 e. The molecule has 0 aliphatic carbocycles. The van der Waals surface area contributed by atoms with Crippen LogP contribution in [0.4, 0.5) is 0 Å². The average Bonchev–Trinajstić information content (AvgIpc) is 2.83. The molecular formula is C30H36N2O2. The summed E-state index contributed by atoms with van der Waals surface area (Å²) in [6.07, 6.45) is 0.735. The van der Waals surface area contributed by atoms with Gasteiger partial charge in [0.1, 0.15) is 6.04 Å². The van der Waals surface area contributed by atoms with Gasteiger partial charge in [-0.2, -0.15) is 0 Å². The van der Waals surface area contributed by atoms with Gasteiger partial charge in [-0.25, -0.2) is 0 Å². The Labute approximate surface area is 204 Å². The lowest BCUT2D eigenvalue weighted by atomic mass is 9.99. The molecule has 3 aromatic rings. The number of carbonyl (C=O) groups is 2. The highest BCUT2D eigenvalue weighted by Gasteiger charge is 2.30. The normalized spacial score (nSPS) is 11.8. The first-order chi connectivity index (χ1) is 16.3. The van der Waals surface area contributed by atoms with Crippen molar-refractivity contribution in [3.63, 3.8) is 0 Å². The summed E-state index contributed by atoms with van der Waals surface area (Å²) in [5, 5.41) is 3.08. The number of nitrogens with zero attached hydrogens (tertiary/aromatic N) is 1. The third-order valence-electron chi connectivity index (χ3n) is 6.00. The van der Waals surface area contributed by atoms with Crippen LogP contribution in [0.3, 0.4) is 0 Å². The molecule has 0 saturated heterocycles. The molecule has 0 aliphatic heterocycles. The molecule has 178 valence electrons. The zero-order chi connectivity index (χ0) is 24.5. The molecular weight excluding hydrogens is 420 g/mol. The van der Waals surface area contributed by atoms with E-state index in [1.54, 1.807) is 4.90 Å². The van der Waals surface area contributed by atoms with Crippen molar-refractivity contribution < 1.29 is 9.59 Å². The molecule has 0 spiro atoms. The molecule has 0 saturated carbocycles. The van der Waals surface area contributed by atoms with E-state index in [1.807, 2.05) is 74.5 Å². The molecule has 3 aromatic carbocycles. The Morgan fingerprint density at radius 2 is 1.47 bits per heavy atom. The molecule has 0 radical (unpaired) electrons. The van der Waals surface area contributed by atoms with Gasteiger partial charge in [-0.05, 0) is 42.0 Å². The van der Waals surface area contributed by atoms with Gasteiger partial charge in [-0.15, -0.1) is 0 Å². The minimum atomic E-state index is -0.598. The van der Waals surface area contributed by atoms with Crippen molar-refractivity contribution in [3.05, 3.63) is 107 Å². The second-order valence-electron chi connectivity index (χ2n) is 9.46. The molecule has 1 N–H and O–H groups in total. The van der Waals surface area contributed by atoms with Crippen LogP contribution in [-0.4, -0.2) is 29.3 Å². The number of benzene rings is 3. The van der Waals surface area contributed by atoms with Gasteiger partial charge < -0.3 is 10.2 Å². The minimum absolute atomic E-state index is 0.0434. The highest BCUT2D eigenvalue weighted by atomic mass is 16.2. The van der Waals surface area contributed by atoms with Crippen LogP contribution in [0.5, 0.6) is 0 Å². The molecule has 1 atom stereocenters. The first-order valence-electron chi connectivity index (χ1n) is 12.0. The van der Waals surface area contributed by atoms with E-state index in [1.165, 1.54) is 0 Å². The Hall–Kier alpha value is -3.40. The molecule has 0 aromatic heterocycles. The van der Waals surface area contributed by atoms with Crippen LogP contribution in [0.25, 0.3) is 0 Å². The van der Waals surface area contributed by atoms with E-state index in [-0.39, 0.29) is 18.2 Å². The highest BCUT2D eigenvalue weighted by Crippen LogP contribution is 2.18. The summed E-state index contributed by atoms with van der Waals surface area (Å²) in [4.78, 5) is 29.0. The van der Waals surface area contributed by atoms with Gasteiger partial charge in [0.2, 0.25) is 11.8 Å². The number of aryl methyl sites for hydroxylation is 2. The third kappa shape index (κ3) is 7.31. The van der Waals surface area contributed by atoms with Crippen LogP contribution in [-0.2, 0) is 29.0 Å². The fraction of sp³-hybridized carbons (Fsp3) is 0.333. The Kier molecular flexibility index (Phi) is 9.03. The third-order valence-corrected chi connectivity index (χ3v) is 6.00. The quantitative estimate of drug-likeness (QED) is 0.452. The minimum Gasteiger partial charge on any atom is -0.354 e. The predicted molar refractivity (Wildman–Crippen MR) is 138 cm³/mol. The highest BCUT2D eigenvalue weighted by molar-refractivity contribution is 5.89. The lowest BCUT2D eigenvalue weighted by Crippen LogP contribution is -2.51. The van der Waals surface area contributed by atoms with Gasteiger partial charge in [0.05, 0.1) is 6.42 Å². The van der Waals surface area contributed by atoms with E-state index >= 15 is 0 Å². The summed E-state index contributed by atoms with van der Waals surface area (Å²) in [6, 6.07) is 25.4. The van der Waals surface area contributed by atoms with Crippen LogP contribution in [0, 0.1) is 19.8 Å². The summed E-state index contributed by atoms with van der Waals surface area (Å²) >= 11 is 0. The molecule has 0 heterocycles. The van der Waals surface area contributed by atoms with E-state index in [4.69, 9.17) is 0 Å². The molecule has 0 aliphatic rings. The topological polar surface area (TPSA) is 49.4 Å². The predicted octanol–water partition coefficient (Wildman–Crippen LogP) is 5.26. The summed E-state index contributed by atoms with van der Waals surface area (Å²) in [7, 11) is 0. The lowest BCUT2D eigenvalue weighted by Gasteiger charge is -2.32. The van der Waals surface area contributed by atoms with Crippen LogP contribution in [0.15, 0.2) is 78.9 Å². The van der Waals surface area contributed by atoms with E-state index < -0.39 is 6.04 Å². The zero-order valence-corrected chi connectivity index (χ0v) is 20.8. The maximum absolute atomic E-state index is 13.8. The maximum atomic E-state index is 13.8. The molecule has 4 nitrogen and oxygen atoms in total. The van der Waals surface area contributed by atoms with Crippen molar-refractivity contribution >= 4 is 11.8 Å². The smallest absolute Gasteiger partial charge is 0.243 e. The van der Waals surface area contributed by atoms with Crippen LogP contribution >= 0.6 is 0 Å².